The van der Waals surface area contributed by atoms with Crippen LogP contribution in [0, 0.1) is 25.7 Å². The van der Waals surface area contributed by atoms with Gasteiger partial charge in [0.2, 0.25) is 12.3 Å². The van der Waals surface area contributed by atoms with Crippen LogP contribution in [-0.2, 0) is 16.8 Å². The van der Waals surface area contributed by atoms with Crippen LogP contribution in [0.5, 0.6) is 0 Å². The number of aryl methyl sites for hydroxylation is 2. The van der Waals surface area contributed by atoms with Crippen LogP contribution in [0.4, 0.5) is 0 Å². The van der Waals surface area contributed by atoms with Crippen molar-refractivity contribution in [2.24, 2.45) is 0 Å². The van der Waals surface area contributed by atoms with Crippen molar-refractivity contribution >= 4 is 11.9 Å². The number of nitrogens with zero attached hydrogens (tertiary/aromatic N) is 5. The molecule has 9 heteroatoms. The average molecular weight is 505 g/mol. The molecule has 0 spiro atoms. The molecule has 0 fully saturated rings. The van der Waals surface area contributed by atoms with E-state index in [0.29, 0.717) is 31.1 Å². The number of benzene rings is 1. The molecule has 0 aliphatic carbocycles. The number of carbonyl (C=O) groups is 1. The van der Waals surface area contributed by atoms with Crippen LogP contribution in [0.15, 0.2) is 41.3 Å². The third-order valence-electron chi connectivity index (χ3n) is 5.04. The third kappa shape index (κ3) is 8.26. The molecule has 0 aliphatic rings. The molecule has 4 aromatic rings. The van der Waals surface area contributed by atoms with Crippen LogP contribution in [0.25, 0.3) is 16.8 Å². The summed E-state index contributed by atoms with van der Waals surface area (Å²) in [5.74, 6) is 7.33. The van der Waals surface area contributed by atoms with Crippen LogP contribution in [-0.4, -0.2) is 42.9 Å². The first-order valence-corrected chi connectivity index (χ1v) is 12.2. The normalized spacial score (nSPS) is 10.4. The molecule has 0 aliphatic heterocycles. The smallest absolute Gasteiger partial charge is 0.232 e. The SMILES string of the molecule is CC.Cc1cc(-c2ncnn3cc(C#CCCO)cc23)ccc1CNC=O.Cc1noc(C(C)(C)C)n1. The fourth-order valence-corrected chi connectivity index (χ4v) is 3.24. The number of rotatable bonds is 5. The van der Waals surface area contributed by atoms with Gasteiger partial charge in [0, 0.05) is 35.7 Å². The van der Waals surface area contributed by atoms with Crippen molar-refractivity contribution in [3.8, 4) is 23.1 Å². The predicted octanol–water partition coefficient (Wildman–Crippen LogP) is 4.39. The Morgan fingerprint density at radius 3 is 2.51 bits per heavy atom. The zero-order valence-corrected chi connectivity index (χ0v) is 22.7. The summed E-state index contributed by atoms with van der Waals surface area (Å²) in [6, 6.07) is 7.97. The molecule has 1 aromatic carbocycles. The van der Waals surface area contributed by atoms with Crippen molar-refractivity contribution in [3.05, 3.63) is 65.2 Å². The lowest BCUT2D eigenvalue weighted by molar-refractivity contribution is -0.109. The average Bonchev–Trinajstić information content (AvgIpc) is 3.51. The van der Waals surface area contributed by atoms with E-state index in [2.05, 4.69) is 37.4 Å². The second-order valence-corrected chi connectivity index (χ2v) is 8.98. The maximum atomic E-state index is 10.5. The number of aromatic nitrogens is 5. The summed E-state index contributed by atoms with van der Waals surface area (Å²) >= 11 is 0. The topological polar surface area (TPSA) is 118 Å². The molecular formula is C28H36N6O3. The summed E-state index contributed by atoms with van der Waals surface area (Å²) in [6.45, 7) is 14.5. The van der Waals surface area contributed by atoms with E-state index in [4.69, 9.17) is 9.63 Å². The van der Waals surface area contributed by atoms with Gasteiger partial charge in [-0.1, -0.05) is 63.7 Å². The molecule has 2 N–H and O–H groups in total. The monoisotopic (exact) mass is 504 g/mol. The maximum absolute atomic E-state index is 10.5. The van der Waals surface area contributed by atoms with E-state index >= 15 is 0 Å². The minimum atomic E-state index is -0.0265. The molecule has 0 unspecified atom stereocenters. The first kappa shape index (κ1) is 29.2. The summed E-state index contributed by atoms with van der Waals surface area (Å²) in [6.07, 6.45) is 4.51. The van der Waals surface area contributed by atoms with E-state index in [1.807, 2.05) is 78.9 Å². The van der Waals surface area contributed by atoms with Gasteiger partial charge in [0.25, 0.3) is 0 Å². The van der Waals surface area contributed by atoms with Crippen LogP contribution in [0.1, 0.15) is 69.4 Å². The van der Waals surface area contributed by atoms with E-state index < -0.39 is 0 Å². The van der Waals surface area contributed by atoms with Gasteiger partial charge in [-0.25, -0.2) is 9.50 Å². The lowest BCUT2D eigenvalue weighted by Gasteiger charge is -2.10. The standard InChI is InChI=1S/C19H18N4O2.C7H12N2O.C2H6/c1-14-8-16(5-6-17(14)10-20-13-25)19-18-9-15(4-2-3-7-24)11-23(18)22-12-21-19;1-5-8-6(10-9-5)7(2,3)4;1-2/h5-6,8-9,11-13,24H,3,7,10H2,1H3,(H,20,25);1-4H3;1-2H3. The largest absolute Gasteiger partial charge is 0.395 e. The van der Waals surface area contributed by atoms with Gasteiger partial charge in [-0.15, -0.1) is 0 Å². The zero-order chi connectivity index (χ0) is 27.4. The summed E-state index contributed by atoms with van der Waals surface area (Å²) in [4.78, 5) is 19.0. The lowest BCUT2D eigenvalue weighted by atomic mass is 9.97. The molecule has 0 atom stereocenters. The van der Waals surface area contributed by atoms with Crippen LogP contribution < -0.4 is 5.32 Å². The molecule has 9 nitrogen and oxygen atoms in total. The Kier molecular flexibility index (Phi) is 11.0. The lowest BCUT2D eigenvalue weighted by Crippen LogP contribution is -2.11. The number of amides is 1. The van der Waals surface area contributed by atoms with E-state index in [-0.39, 0.29) is 12.0 Å². The van der Waals surface area contributed by atoms with Crippen molar-refractivity contribution in [3.63, 3.8) is 0 Å². The Hall–Kier alpha value is -4.03. The van der Waals surface area contributed by atoms with Crippen molar-refractivity contribution in [1.82, 2.24) is 30.1 Å². The molecule has 0 saturated carbocycles. The minimum Gasteiger partial charge on any atom is -0.395 e. The fraction of sp³-hybridized carbons (Fsp3) is 0.393. The first-order chi connectivity index (χ1) is 17.7. The zero-order valence-electron chi connectivity index (χ0n) is 22.7. The quantitative estimate of drug-likeness (QED) is 0.306. The van der Waals surface area contributed by atoms with E-state index in [1.165, 1.54) is 6.33 Å². The number of fused-ring (bicyclic) bond motifs is 1. The van der Waals surface area contributed by atoms with Gasteiger partial charge in [0.15, 0.2) is 5.82 Å². The highest BCUT2D eigenvalue weighted by atomic mass is 16.5. The predicted molar refractivity (Wildman–Crippen MR) is 144 cm³/mol. The second kappa shape index (κ2) is 13.9. The van der Waals surface area contributed by atoms with Gasteiger partial charge in [-0.2, -0.15) is 10.1 Å². The number of nitrogens with one attached hydrogen (secondary N) is 1. The molecular weight excluding hydrogens is 468 g/mol. The molecule has 196 valence electrons. The minimum absolute atomic E-state index is 0.0265. The van der Waals surface area contributed by atoms with E-state index in [9.17, 15) is 4.79 Å². The highest BCUT2D eigenvalue weighted by Crippen LogP contribution is 2.25. The highest BCUT2D eigenvalue weighted by molar-refractivity contribution is 5.78. The van der Waals surface area contributed by atoms with Gasteiger partial charge in [-0.05, 0) is 37.1 Å². The molecule has 4 rings (SSSR count). The Bertz CT molecular complexity index is 1360. The van der Waals surface area contributed by atoms with Crippen molar-refractivity contribution in [2.45, 2.75) is 66.8 Å². The van der Waals surface area contributed by atoms with Crippen LogP contribution in [0.2, 0.25) is 0 Å². The summed E-state index contributed by atoms with van der Waals surface area (Å²) < 4.78 is 6.72. The van der Waals surface area contributed by atoms with Crippen molar-refractivity contribution in [1.29, 1.82) is 0 Å². The van der Waals surface area contributed by atoms with Crippen molar-refractivity contribution in [2.75, 3.05) is 6.61 Å². The molecule has 0 bridgehead atoms. The summed E-state index contributed by atoms with van der Waals surface area (Å²) in [5, 5.41) is 19.4. The number of carbonyl (C=O) groups excluding carboxylic acids is 1. The van der Waals surface area contributed by atoms with Gasteiger partial charge in [0.05, 0.1) is 17.8 Å². The van der Waals surface area contributed by atoms with Crippen LogP contribution in [0.3, 0.4) is 0 Å². The number of aliphatic hydroxyl groups is 1. The molecule has 3 aromatic heterocycles. The third-order valence-corrected chi connectivity index (χ3v) is 5.04. The molecule has 1 amide bonds. The van der Waals surface area contributed by atoms with E-state index in [0.717, 1.165) is 33.5 Å². The summed E-state index contributed by atoms with van der Waals surface area (Å²) in [5.41, 5.74) is 5.62. The number of hydrogen-bond acceptors (Lipinski definition) is 7. The van der Waals surface area contributed by atoms with Gasteiger partial charge in [-0.3, -0.25) is 4.79 Å². The number of aliphatic hydroxyl groups excluding tert-OH is 1. The second-order valence-electron chi connectivity index (χ2n) is 8.98. The van der Waals surface area contributed by atoms with E-state index in [1.54, 1.807) is 4.52 Å². The molecule has 0 saturated heterocycles. The van der Waals surface area contributed by atoms with Crippen molar-refractivity contribution < 1.29 is 14.4 Å². The first-order valence-electron chi connectivity index (χ1n) is 12.2. The van der Waals surface area contributed by atoms with Gasteiger partial charge in [0.1, 0.15) is 6.33 Å². The molecule has 0 radical (unpaired) electrons. The van der Waals surface area contributed by atoms with Gasteiger partial charge < -0.3 is 14.9 Å². The highest BCUT2D eigenvalue weighted by Gasteiger charge is 2.20. The molecule has 3 heterocycles. The fourth-order valence-electron chi connectivity index (χ4n) is 3.24. The Morgan fingerprint density at radius 2 is 1.95 bits per heavy atom. The Morgan fingerprint density at radius 1 is 1.19 bits per heavy atom. The maximum Gasteiger partial charge on any atom is 0.232 e. The molecule has 37 heavy (non-hydrogen) atoms. The van der Waals surface area contributed by atoms with Gasteiger partial charge >= 0.3 is 0 Å². The summed E-state index contributed by atoms with van der Waals surface area (Å²) in [7, 11) is 0. The Labute approximate surface area is 218 Å². The Balaban J connectivity index is 0.000000336. The van der Waals surface area contributed by atoms with Crippen LogP contribution >= 0.6 is 0 Å². The number of hydrogen-bond donors (Lipinski definition) is 2.